The van der Waals surface area contributed by atoms with Crippen LogP contribution in [0.4, 0.5) is 11.4 Å². The van der Waals surface area contributed by atoms with E-state index >= 15 is 0 Å². The molecule has 0 N–H and O–H groups in total. The van der Waals surface area contributed by atoms with Gasteiger partial charge in [0.1, 0.15) is 5.75 Å². The highest BCUT2D eigenvalue weighted by Crippen LogP contribution is 2.31. The lowest BCUT2D eigenvalue weighted by atomic mass is 10.1. The fourth-order valence-corrected chi connectivity index (χ4v) is 4.09. The zero-order valence-corrected chi connectivity index (χ0v) is 20.8. The van der Waals surface area contributed by atoms with Gasteiger partial charge in [0, 0.05) is 41.4 Å². The molecule has 1 saturated heterocycles. The van der Waals surface area contributed by atoms with Crippen LogP contribution in [0.3, 0.4) is 0 Å². The SMILES string of the molecule is Cc1c(Cl)cccc1N1C[C@@H](C(=O)OCC(=O)c2ccc(OC(=O)c3ccc([N+](=O)[O-])cc3)cc2)CC1=O. The molecular weight excluding hydrogens is 516 g/mol. The van der Waals surface area contributed by atoms with Crippen LogP contribution in [0.15, 0.2) is 66.7 Å². The van der Waals surface area contributed by atoms with Gasteiger partial charge in [0.25, 0.3) is 5.69 Å². The maximum atomic E-state index is 12.5. The Kier molecular flexibility index (Phi) is 7.82. The van der Waals surface area contributed by atoms with Crippen LogP contribution in [-0.4, -0.2) is 41.7 Å². The van der Waals surface area contributed by atoms with E-state index in [2.05, 4.69) is 0 Å². The first-order valence-electron chi connectivity index (χ1n) is 11.5. The third-order valence-electron chi connectivity index (χ3n) is 6.03. The smallest absolute Gasteiger partial charge is 0.343 e. The number of halogens is 1. The van der Waals surface area contributed by atoms with Crippen molar-refractivity contribution in [1.29, 1.82) is 0 Å². The van der Waals surface area contributed by atoms with Crippen molar-refractivity contribution in [3.8, 4) is 5.75 Å². The molecule has 1 heterocycles. The van der Waals surface area contributed by atoms with Gasteiger partial charge in [-0.3, -0.25) is 24.5 Å². The van der Waals surface area contributed by atoms with Crippen molar-refractivity contribution in [3.63, 3.8) is 0 Å². The molecule has 1 aliphatic heterocycles. The Morgan fingerprint density at radius 1 is 1.03 bits per heavy atom. The minimum absolute atomic E-state index is 0.0339. The highest BCUT2D eigenvalue weighted by atomic mass is 35.5. The molecule has 0 spiro atoms. The van der Waals surface area contributed by atoms with Gasteiger partial charge in [0.2, 0.25) is 5.91 Å². The first kappa shape index (κ1) is 26.5. The van der Waals surface area contributed by atoms with Crippen molar-refractivity contribution in [3.05, 3.63) is 98.6 Å². The molecule has 0 saturated carbocycles. The summed E-state index contributed by atoms with van der Waals surface area (Å²) in [5.74, 6) is -2.64. The van der Waals surface area contributed by atoms with Gasteiger partial charge in [-0.2, -0.15) is 0 Å². The van der Waals surface area contributed by atoms with Gasteiger partial charge >= 0.3 is 11.9 Å². The van der Waals surface area contributed by atoms with Crippen LogP contribution in [0.25, 0.3) is 0 Å². The monoisotopic (exact) mass is 536 g/mol. The summed E-state index contributed by atoms with van der Waals surface area (Å²) in [5, 5.41) is 11.2. The van der Waals surface area contributed by atoms with Crippen LogP contribution in [0.2, 0.25) is 5.02 Å². The van der Waals surface area contributed by atoms with E-state index in [1.807, 2.05) is 0 Å². The Morgan fingerprint density at radius 3 is 2.34 bits per heavy atom. The number of ketones is 1. The zero-order valence-electron chi connectivity index (χ0n) is 20.1. The number of benzene rings is 3. The number of nitro benzene ring substituents is 1. The standard InChI is InChI=1S/C27H21ClN2O8/c1-16-22(28)3-2-4-23(16)29-14-19(13-25(29)32)26(33)37-15-24(31)17-7-11-21(12-8-17)38-27(34)18-5-9-20(10-6-18)30(35)36/h2-12,19H,13-15H2,1H3/t19-/m0/s1. The van der Waals surface area contributed by atoms with Crippen molar-refractivity contribution < 1.29 is 33.6 Å². The van der Waals surface area contributed by atoms with Crippen molar-refractivity contribution in [2.45, 2.75) is 13.3 Å². The van der Waals surface area contributed by atoms with E-state index in [0.29, 0.717) is 10.7 Å². The van der Waals surface area contributed by atoms with E-state index in [9.17, 15) is 29.3 Å². The molecule has 0 bridgehead atoms. The molecule has 38 heavy (non-hydrogen) atoms. The second-order valence-corrected chi connectivity index (χ2v) is 8.95. The minimum Gasteiger partial charge on any atom is -0.457 e. The van der Waals surface area contributed by atoms with E-state index in [1.165, 1.54) is 53.4 Å². The number of anilines is 1. The van der Waals surface area contributed by atoms with Crippen LogP contribution >= 0.6 is 11.6 Å². The van der Waals surface area contributed by atoms with Gasteiger partial charge in [-0.15, -0.1) is 0 Å². The van der Waals surface area contributed by atoms with Gasteiger partial charge in [-0.25, -0.2) is 4.79 Å². The number of non-ortho nitro benzene ring substituents is 1. The first-order chi connectivity index (χ1) is 18.1. The van der Waals surface area contributed by atoms with Gasteiger partial charge in [-0.05, 0) is 61.0 Å². The number of ether oxygens (including phenoxy) is 2. The van der Waals surface area contributed by atoms with Crippen molar-refractivity contribution in [2.24, 2.45) is 5.92 Å². The Hall–Kier alpha value is -4.57. The number of carbonyl (C=O) groups is 4. The van der Waals surface area contributed by atoms with E-state index in [4.69, 9.17) is 21.1 Å². The highest BCUT2D eigenvalue weighted by Gasteiger charge is 2.37. The third kappa shape index (κ3) is 5.87. The lowest BCUT2D eigenvalue weighted by Gasteiger charge is -2.19. The summed E-state index contributed by atoms with van der Waals surface area (Å²) in [5.41, 5.74) is 1.55. The number of hydrogen-bond acceptors (Lipinski definition) is 8. The molecule has 0 aliphatic carbocycles. The largest absolute Gasteiger partial charge is 0.457 e. The van der Waals surface area contributed by atoms with E-state index in [0.717, 1.165) is 5.56 Å². The molecule has 1 aliphatic rings. The Balaban J connectivity index is 1.30. The van der Waals surface area contributed by atoms with Crippen LogP contribution in [0.5, 0.6) is 5.75 Å². The summed E-state index contributed by atoms with van der Waals surface area (Å²) >= 11 is 6.15. The summed E-state index contributed by atoms with van der Waals surface area (Å²) in [7, 11) is 0. The van der Waals surface area contributed by atoms with Crippen molar-refractivity contribution >= 4 is 46.6 Å². The molecule has 1 amide bonds. The van der Waals surface area contributed by atoms with Gasteiger partial charge < -0.3 is 14.4 Å². The molecule has 10 nitrogen and oxygen atoms in total. The van der Waals surface area contributed by atoms with Crippen LogP contribution in [-0.2, 0) is 14.3 Å². The summed E-state index contributed by atoms with van der Waals surface area (Å²) < 4.78 is 10.4. The van der Waals surface area contributed by atoms with E-state index in [-0.39, 0.29) is 41.4 Å². The number of rotatable bonds is 8. The Labute approximate surface area is 221 Å². The summed E-state index contributed by atoms with van der Waals surface area (Å²) in [6, 6.07) is 15.8. The number of nitrogens with zero attached hydrogens (tertiary/aromatic N) is 2. The lowest BCUT2D eigenvalue weighted by Crippen LogP contribution is -2.27. The molecule has 3 aromatic carbocycles. The summed E-state index contributed by atoms with van der Waals surface area (Å²) in [6.45, 7) is 1.40. The molecule has 11 heteroatoms. The molecule has 3 aromatic rings. The van der Waals surface area contributed by atoms with E-state index < -0.39 is 35.2 Å². The molecule has 1 fully saturated rings. The topological polar surface area (TPSA) is 133 Å². The second-order valence-electron chi connectivity index (χ2n) is 8.54. The number of esters is 2. The first-order valence-corrected chi connectivity index (χ1v) is 11.8. The summed E-state index contributed by atoms with van der Waals surface area (Å²) in [4.78, 5) is 61.4. The molecule has 0 aromatic heterocycles. The van der Waals surface area contributed by atoms with Crippen molar-refractivity contribution in [1.82, 2.24) is 0 Å². The quantitative estimate of drug-likeness (QED) is 0.134. The van der Waals surface area contributed by atoms with Gasteiger partial charge in [-0.1, -0.05) is 17.7 Å². The third-order valence-corrected chi connectivity index (χ3v) is 6.44. The number of carbonyl (C=O) groups excluding carboxylic acids is 4. The fraction of sp³-hybridized carbons (Fsp3) is 0.185. The molecule has 0 radical (unpaired) electrons. The van der Waals surface area contributed by atoms with Gasteiger partial charge in [0.15, 0.2) is 12.4 Å². The predicted octanol–water partition coefficient (Wildman–Crippen LogP) is 4.55. The number of amides is 1. The van der Waals surface area contributed by atoms with E-state index in [1.54, 1.807) is 25.1 Å². The minimum atomic E-state index is -0.721. The molecule has 194 valence electrons. The average molecular weight is 537 g/mol. The predicted molar refractivity (Wildman–Crippen MR) is 136 cm³/mol. The second kappa shape index (κ2) is 11.2. The normalized spacial score (nSPS) is 14.7. The number of hydrogen-bond donors (Lipinski definition) is 0. The van der Waals surface area contributed by atoms with Crippen LogP contribution < -0.4 is 9.64 Å². The maximum Gasteiger partial charge on any atom is 0.343 e. The molecule has 0 unspecified atom stereocenters. The average Bonchev–Trinajstić information content (AvgIpc) is 3.30. The number of nitro groups is 1. The molecule has 1 atom stereocenters. The maximum absolute atomic E-state index is 12.5. The van der Waals surface area contributed by atoms with Crippen LogP contribution in [0.1, 0.15) is 32.7 Å². The fourth-order valence-electron chi connectivity index (χ4n) is 3.92. The summed E-state index contributed by atoms with van der Waals surface area (Å²) in [6.07, 6.45) is -0.0339. The lowest BCUT2D eigenvalue weighted by molar-refractivity contribution is -0.384. The Morgan fingerprint density at radius 2 is 1.68 bits per heavy atom. The van der Waals surface area contributed by atoms with Crippen molar-refractivity contribution in [2.75, 3.05) is 18.1 Å². The van der Waals surface area contributed by atoms with Crippen LogP contribution in [0, 0.1) is 23.0 Å². The highest BCUT2D eigenvalue weighted by molar-refractivity contribution is 6.31. The number of Topliss-reactive ketones (excluding diaryl/α,β-unsaturated/α-hetero) is 1. The molecule has 4 rings (SSSR count). The van der Waals surface area contributed by atoms with Gasteiger partial charge in [0.05, 0.1) is 16.4 Å². The zero-order chi connectivity index (χ0) is 27.4. The Bertz CT molecular complexity index is 1420. The molecular formula is C27H21ClN2O8.